The number of hydrogen-bond donors (Lipinski definition) is 1. The largest absolute Gasteiger partial charge is 0.416 e. The highest BCUT2D eigenvalue weighted by Crippen LogP contribution is 2.37. The first-order valence-corrected chi connectivity index (χ1v) is 9.58. The highest BCUT2D eigenvalue weighted by molar-refractivity contribution is 6.06. The molecule has 4 rings (SSSR count). The summed E-state index contributed by atoms with van der Waals surface area (Å²) in [7, 11) is 0. The van der Waals surface area contributed by atoms with Crippen molar-refractivity contribution >= 4 is 17.4 Å². The molecular formula is C23H15F6N3O. The molecule has 0 fully saturated rings. The van der Waals surface area contributed by atoms with E-state index in [2.05, 4.69) is 10.3 Å². The van der Waals surface area contributed by atoms with Crippen molar-refractivity contribution in [1.82, 2.24) is 9.38 Å². The topological polar surface area (TPSA) is 46.4 Å². The van der Waals surface area contributed by atoms with Crippen molar-refractivity contribution < 1.29 is 31.1 Å². The number of nitrogens with zero attached hydrogens (tertiary/aromatic N) is 2. The maximum Gasteiger partial charge on any atom is 0.416 e. The highest BCUT2D eigenvalue weighted by Gasteiger charge is 2.37. The fourth-order valence-electron chi connectivity index (χ4n) is 3.29. The van der Waals surface area contributed by atoms with Gasteiger partial charge in [-0.2, -0.15) is 26.3 Å². The zero-order valence-electron chi connectivity index (χ0n) is 16.9. The summed E-state index contributed by atoms with van der Waals surface area (Å²) in [5.74, 6) is -1.02. The zero-order chi connectivity index (χ0) is 24.0. The molecule has 0 atom stereocenters. The molecule has 0 radical (unpaired) electrons. The second-order valence-electron chi connectivity index (χ2n) is 7.35. The van der Waals surface area contributed by atoms with Gasteiger partial charge in [0.2, 0.25) is 0 Å². The van der Waals surface area contributed by atoms with E-state index < -0.39 is 35.0 Å². The van der Waals surface area contributed by atoms with E-state index in [1.54, 1.807) is 36.5 Å². The first kappa shape index (κ1) is 22.4. The average Bonchev–Trinajstić information content (AvgIpc) is 3.11. The molecule has 10 heteroatoms. The van der Waals surface area contributed by atoms with Crippen LogP contribution in [0.2, 0.25) is 0 Å². The van der Waals surface area contributed by atoms with Crippen LogP contribution in [0.25, 0.3) is 16.9 Å². The van der Waals surface area contributed by atoms with Gasteiger partial charge in [-0.25, -0.2) is 4.98 Å². The Morgan fingerprint density at radius 2 is 1.48 bits per heavy atom. The Bertz CT molecular complexity index is 1310. The first-order chi connectivity index (χ1) is 15.4. The molecule has 33 heavy (non-hydrogen) atoms. The molecule has 0 aliphatic rings. The highest BCUT2D eigenvalue weighted by atomic mass is 19.4. The predicted molar refractivity (Wildman–Crippen MR) is 110 cm³/mol. The number of halogens is 6. The number of hydrogen-bond acceptors (Lipinski definition) is 2. The molecule has 0 spiro atoms. The number of pyridine rings is 1. The first-order valence-electron chi connectivity index (χ1n) is 9.58. The van der Waals surface area contributed by atoms with Crippen LogP contribution < -0.4 is 5.32 Å². The minimum Gasteiger partial charge on any atom is -0.306 e. The van der Waals surface area contributed by atoms with Gasteiger partial charge in [-0.15, -0.1) is 0 Å². The lowest BCUT2D eigenvalue weighted by Crippen LogP contribution is -2.18. The number of carbonyl (C=O) groups excluding carboxylic acids is 1. The third kappa shape index (κ3) is 4.55. The SMILES string of the molecule is Cc1ccc(-c2nc3ccccn3c2NC(=O)c2cc(C(F)(F)F)cc(C(F)(F)F)c2)cc1. The van der Waals surface area contributed by atoms with Crippen LogP contribution in [0.1, 0.15) is 27.0 Å². The van der Waals surface area contributed by atoms with Crippen LogP contribution in [0.4, 0.5) is 32.2 Å². The summed E-state index contributed by atoms with van der Waals surface area (Å²) in [6.07, 6.45) is -8.55. The second kappa shape index (κ2) is 7.95. The van der Waals surface area contributed by atoms with Crippen LogP contribution in [0.3, 0.4) is 0 Å². The number of fused-ring (bicyclic) bond motifs is 1. The quantitative estimate of drug-likeness (QED) is 0.348. The molecule has 0 aliphatic carbocycles. The van der Waals surface area contributed by atoms with E-state index in [0.29, 0.717) is 29.0 Å². The molecule has 0 unspecified atom stereocenters. The van der Waals surface area contributed by atoms with Gasteiger partial charge >= 0.3 is 12.4 Å². The van der Waals surface area contributed by atoms with Crippen molar-refractivity contribution in [3.8, 4) is 11.3 Å². The van der Waals surface area contributed by atoms with Crippen molar-refractivity contribution in [3.63, 3.8) is 0 Å². The summed E-state index contributed by atoms with van der Waals surface area (Å²) in [5, 5.41) is 2.45. The molecule has 1 N–H and O–H groups in total. The fraction of sp³-hybridized carbons (Fsp3) is 0.130. The van der Waals surface area contributed by atoms with Crippen LogP contribution in [-0.2, 0) is 12.4 Å². The number of imidazole rings is 1. The number of anilines is 1. The number of aromatic nitrogens is 2. The molecule has 2 aromatic carbocycles. The van der Waals surface area contributed by atoms with Crippen LogP contribution in [0.5, 0.6) is 0 Å². The Morgan fingerprint density at radius 3 is 2.06 bits per heavy atom. The van der Waals surface area contributed by atoms with Crippen molar-refractivity contribution in [2.24, 2.45) is 0 Å². The Kier molecular flexibility index (Phi) is 5.39. The van der Waals surface area contributed by atoms with E-state index in [-0.39, 0.29) is 11.9 Å². The predicted octanol–water partition coefficient (Wildman–Crippen LogP) is 6.60. The number of aryl methyl sites for hydroxylation is 1. The third-order valence-corrected chi connectivity index (χ3v) is 4.94. The van der Waals surface area contributed by atoms with Gasteiger partial charge in [-0.3, -0.25) is 9.20 Å². The summed E-state index contributed by atoms with van der Waals surface area (Å²) in [6.45, 7) is 1.88. The Labute approximate surface area is 183 Å². The van der Waals surface area contributed by atoms with Crippen LogP contribution in [-0.4, -0.2) is 15.3 Å². The summed E-state index contributed by atoms with van der Waals surface area (Å²) >= 11 is 0. The van der Waals surface area contributed by atoms with E-state index >= 15 is 0 Å². The van der Waals surface area contributed by atoms with E-state index in [9.17, 15) is 31.1 Å². The molecule has 2 aromatic heterocycles. The second-order valence-corrected chi connectivity index (χ2v) is 7.35. The molecule has 0 bridgehead atoms. The standard InChI is InChI=1S/C23H15F6N3O/c1-13-5-7-14(8-6-13)19-20(32-9-3-2-4-18(32)30-19)31-21(33)15-10-16(22(24,25)26)12-17(11-15)23(27,28)29/h2-12H,1H3,(H,31,33). The normalized spacial score (nSPS) is 12.2. The van der Waals surface area contributed by atoms with E-state index in [1.165, 1.54) is 4.40 Å². The number of rotatable bonds is 3. The summed E-state index contributed by atoms with van der Waals surface area (Å²) in [4.78, 5) is 17.3. The maximum atomic E-state index is 13.2. The van der Waals surface area contributed by atoms with Crippen molar-refractivity contribution in [3.05, 3.63) is 89.1 Å². The molecule has 4 aromatic rings. The van der Waals surface area contributed by atoms with Gasteiger partial charge in [0, 0.05) is 17.3 Å². The van der Waals surface area contributed by atoms with Gasteiger partial charge in [0.25, 0.3) is 5.91 Å². The monoisotopic (exact) mass is 463 g/mol. The Hall–Kier alpha value is -3.82. The van der Waals surface area contributed by atoms with Crippen molar-refractivity contribution in [2.45, 2.75) is 19.3 Å². The minimum atomic E-state index is -5.06. The van der Waals surface area contributed by atoms with Crippen molar-refractivity contribution in [2.75, 3.05) is 5.32 Å². The molecule has 170 valence electrons. The Balaban J connectivity index is 1.82. The number of nitrogens with one attached hydrogen (secondary N) is 1. The van der Waals surface area contributed by atoms with Crippen LogP contribution in [0, 0.1) is 6.92 Å². The lowest BCUT2D eigenvalue weighted by molar-refractivity contribution is -0.143. The van der Waals surface area contributed by atoms with E-state index in [4.69, 9.17) is 0 Å². The van der Waals surface area contributed by atoms with Crippen LogP contribution in [0.15, 0.2) is 66.9 Å². The lowest BCUT2D eigenvalue weighted by Gasteiger charge is -2.14. The van der Waals surface area contributed by atoms with Gasteiger partial charge < -0.3 is 5.32 Å². The summed E-state index contributed by atoms with van der Waals surface area (Å²) < 4.78 is 80.6. The minimum absolute atomic E-state index is 0.0251. The number of alkyl halides is 6. The van der Waals surface area contributed by atoms with Crippen LogP contribution >= 0.6 is 0 Å². The van der Waals surface area contributed by atoms with Gasteiger partial charge in [0.05, 0.1) is 11.1 Å². The van der Waals surface area contributed by atoms with E-state index in [1.807, 2.05) is 19.1 Å². The fourth-order valence-corrected chi connectivity index (χ4v) is 3.29. The summed E-state index contributed by atoms with van der Waals surface area (Å²) in [5.41, 5.74) is -1.59. The number of carbonyl (C=O) groups is 1. The average molecular weight is 463 g/mol. The molecule has 0 saturated heterocycles. The Morgan fingerprint density at radius 1 is 0.879 bits per heavy atom. The molecule has 2 heterocycles. The molecule has 0 aliphatic heterocycles. The van der Waals surface area contributed by atoms with Gasteiger partial charge in [-0.05, 0) is 37.3 Å². The summed E-state index contributed by atoms with van der Waals surface area (Å²) in [6, 6.07) is 12.9. The van der Waals surface area contributed by atoms with Gasteiger partial charge in [0.15, 0.2) is 0 Å². The smallest absolute Gasteiger partial charge is 0.306 e. The zero-order valence-corrected chi connectivity index (χ0v) is 16.9. The van der Waals surface area contributed by atoms with E-state index in [0.717, 1.165) is 5.56 Å². The van der Waals surface area contributed by atoms with Gasteiger partial charge in [-0.1, -0.05) is 35.9 Å². The maximum absolute atomic E-state index is 13.2. The molecule has 1 amide bonds. The third-order valence-electron chi connectivity index (χ3n) is 4.94. The number of benzene rings is 2. The van der Waals surface area contributed by atoms with Gasteiger partial charge in [0.1, 0.15) is 17.2 Å². The molecular weight excluding hydrogens is 448 g/mol. The van der Waals surface area contributed by atoms with Crippen molar-refractivity contribution in [1.29, 1.82) is 0 Å². The lowest BCUT2D eigenvalue weighted by atomic mass is 10.0. The molecule has 0 saturated carbocycles. The molecule has 4 nitrogen and oxygen atoms in total. The number of amides is 1.